The Morgan fingerprint density at radius 2 is 2.15 bits per heavy atom. The van der Waals surface area contributed by atoms with Crippen LogP contribution in [0.1, 0.15) is 23.4 Å². The first-order valence-electron chi connectivity index (χ1n) is 6.59. The number of aromatic nitrogens is 2. The first-order chi connectivity index (χ1) is 9.70. The lowest BCUT2D eigenvalue weighted by Gasteiger charge is -2.31. The summed E-state index contributed by atoms with van der Waals surface area (Å²) in [5, 5.41) is 4.70. The molecule has 0 amide bonds. The molecule has 1 fully saturated rings. The maximum Gasteiger partial charge on any atom is 0.223 e. The minimum Gasteiger partial charge on any atom is -0.367 e. The highest BCUT2D eigenvalue weighted by Crippen LogP contribution is 2.21. The van der Waals surface area contributed by atoms with Crippen LogP contribution >= 0.6 is 11.6 Å². The Morgan fingerprint density at radius 1 is 1.35 bits per heavy atom. The molecular formula is C14H16ClN3O2. The van der Waals surface area contributed by atoms with Gasteiger partial charge in [0.05, 0.1) is 6.61 Å². The summed E-state index contributed by atoms with van der Waals surface area (Å²) in [6.45, 7) is 4.99. The van der Waals surface area contributed by atoms with E-state index < -0.39 is 0 Å². The summed E-state index contributed by atoms with van der Waals surface area (Å²) in [6, 6.07) is 7.92. The van der Waals surface area contributed by atoms with E-state index in [1.165, 1.54) is 5.56 Å². The van der Waals surface area contributed by atoms with Crippen LogP contribution in [0.3, 0.4) is 0 Å². The Balaban J connectivity index is 1.64. The SMILES string of the molecule is Cc1nc([C@H]2CN(Cc3ccc(Cl)cc3)CCO2)no1. The number of ether oxygens (including phenoxy) is 1. The third-order valence-corrected chi connectivity index (χ3v) is 3.55. The Kier molecular flexibility index (Phi) is 4.00. The van der Waals surface area contributed by atoms with E-state index in [1.807, 2.05) is 24.3 Å². The minimum absolute atomic E-state index is 0.117. The predicted octanol–water partition coefficient (Wildman–Crippen LogP) is 2.60. The van der Waals surface area contributed by atoms with E-state index in [0.717, 1.165) is 24.7 Å². The van der Waals surface area contributed by atoms with Crippen LogP contribution in [0.15, 0.2) is 28.8 Å². The van der Waals surface area contributed by atoms with Crippen molar-refractivity contribution in [2.24, 2.45) is 0 Å². The fourth-order valence-electron chi connectivity index (χ4n) is 2.30. The third kappa shape index (κ3) is 3.17. The van der Waals surface area contributed by atoms with E-state index in [4.69, 9.17) is 20.9 Å². The summed E-state index contributed by atoms with van der Waals surface area (Å²) >= 11 is 5.90. The lowest BCUT2D eigenvalue weighted by Crippen LogP contribution is -2.38. The minimum atomic E-state index is -0.117. The van der Waals surface area contributed by atoms with Gasteiger partial charge in [-0.3, -0.25) is 4.90 Å². The van der Waals surface area contributed by atoms with Crippen molar-refractivity contribution in [3.05, 3.63) is 46.6 Å². The van der Waals surface area contributed by atoms with Crippen molar-refractivity contribution in [2.75, 3.05) is 19.7 Å². The van der Waals surface area contributed by atoms with Crippen LogP contribution in [0.2, 0.25) is 5.02 Å². The molecule has 0 spiro atoms. The average molecular weight is 294 g/mol. The number of hydrogen-bond donors (Lipinski definition) is 0. The first-order valence-corrected chi connectivity index (χ1v) is 6.97. The molecule has 106 valence electrons. The number of rotatable bonds is 3. The molecule has 20 heavy (non-hydrogen) atoms. The van der Waals surface area contributed by atoms with Gasteiger partial charge in [-0.25, -0.2) is 0 Å². The number of hydrogen-bond acceptors (Lipinski definition) is 5. The average Bonchev–Trinajstić information content (AvgIpc) is 2.89. The quantitative estimate of drug-likeness (QED) is 0.870. The third-order valence-electron chi connectivity index (χ3n) is 3.30. The van der Waals surface area contributed by atoms with Crippen molar-refractivity contribution < 1.29 is 9.26 Å². The molecule has 1 aliphatic heterocycles. The summed E-state index contributed by atoms with van der Waals surface area (Å²) in [5.41, 5.74) is 1.24. The Bertz CT molecular complexity index is 570. The van der Waals surface area contributed by atoms with Gasteiger partial charge in [-0.2, -0.15) is 4.98 Å². The van der Waals surface area contributed by atoms with Gasteiger partial charge in [0.15, 0.2) is 0 Å². The second-order valence-corrected chi connectivity index (χ2v) is 5.33. The maximum absolute atomic E-state index is 5.90. The van der Waals surface area contributed by atoms with E-state index in [0.29, 0.717) is 18.3 Å². The molecule has 0 bridgehead atoms. The zero-order chi connectivity index (χ0) is 13.9. The van der Waals surface area contributed by atoms with E-state index >= 15 is 0 Å². The molecule has 1 aromatic carbocycles. The fraction of sp³-hybridized carbons (Fsp3) is 0.429. The number of morpholine rings is 1. The van der Waals surface area contributed by atoms with Crippen molar-refractivity contribution in [2.45, 2.75) is 19.6 Å². The molecule has 0 N–H and O–H groups in total. The molecule has 0 aliphatic carbocycles. The van der Waals surface area contributed by atoms with Crippen LogP contribution in [0.5, 0.6) is 0 Å². The number of aryl methyl sites for hydroxylation is 1. The van der Waals surface area contributed by atoms with E-state index in [2.05, 4.69) is 15.0 Å². The van der Waals surface area contributed by atoms with Crippen LogP contribution < -0.4 is 0 Å². The predicted molar refractivity (Wildman–Crippen MR) is 74.5 cm³/mol. The summed E-state index contributed by atoms with van der Waals surface area (Å²) in [6.07, 6.45) is -0.117. The van der Waals surface area contributed by atoms with Crippen LogP contribution in [0, 0.1) is 6.92 Å². The van der Waals surface area contributed by atoms with Gasteiger partial charge < -0.3 is 9.26 Å². The highest BCUT2D eigenvalue weighted by Gasteiger charge is 2.25. The van der Waals surface area contributed by atoms with Crippen LogP contribution in [-0.4, -0.2) is 34.7 Å². The number of benzene rings is 1. The number of halogens is 1. The second kappa shape index (κ2) is 5.91. The largest absolute Gasteiger partial charge is 0.367 e. The van der Waals surface area contributed by atoms with Crippen molar-refractivity contribution in [3.8, 4) is 0 Å². The molecule has 1 atom stereocenters. The fourth-order valence-corrected chi connectivity index (χ4v) is 2.42. The topological polar surface area (TPSA) is 51.4 Å². The Labute approximate surface area is 122 Å². The molecule has 2 heterocycles. The van der Waals surface area contributed by atoms with E-state index in [-0.39, 0.29) is 6.10 Å². The highest BCUT2D eigenvalue weighted by molar-refractivity contribution is 6.30. The van der Waals surface area contributed by atoms with Gasteiger partial charge in [-0.1, -0.05) is 28.9 Å². The van der Waals surface area contributed by atoms with E-state index in [9.17, 15) is 0 Å². The molecule has 1 aromatic heterocycles. The Hall–Kier alpha value is -1.43. The van der Waals surface area contributed by atoms with Crippen LogP contribution in [0.25, 0.3) is 0 Å². The van der Waals surface area contributed by atoms with Gasteiger partial charge in [0.1, 0.15) is 6.10 Å². The smallest absolute Gasteiger partial charge is 0.223 e. The standard InChI is InChI=1S/C14H16ClN3O2/c1-10-16-14(17-20-10)13-9-18(6-7-19-13)8-11-2-4-12(15)5-3-11/h2-5,13H,6-9H2,1H3/t13-/m1/s1. The molecular weight excluding hydrogens is 278 g/mol. The van der Waals surface area contributed by atoms with Gasteiger partial charge in [-0.05, 0) is 17.7 Å². The van der Waals surface area contributed by atoms with Crippen molar-refractivity contribution in [3.63, 3.8) is 0 Å². The second-order valence-electron chi connectivity index (χ2n) is 4.89. The van der Waals surface area contributed by atoms with Crippen molar-refractivity contribution >= 4 is 11.6 Å². The molecule has 3 rings (SSSR count). The maximum atomic E-state index is 5.90. The normalized spacial score (nSPS) is 20.2. The van der Waals surface area contributed by atoms with E-state index in [1.54, 1.807) is 6.92 Å². The summed E-state index contributed by atoms with van der Waals surface area (Å²) in [5.74, 6) is 1.20. The van der Waals surface area contributed by atoms with Crippen LogP contribution in [0.4, 0.5) is 0 Å². The molecule has 5 nitrogen and oxygen atoms in total. The molecule has 6 heteroatoms. The zero-order valence-electron chi connectivity index (χ0n) is 11.3. The molecule has 1 saturated heterocycles. The molecule has 2 aromatic rings. The van der Waals surface area contributed by atoms with Gasteiger partial charge in [-0.15, -0.1) is 0 Å². The van der Waals surface area contributed by atoms with Crippen LogP contribution in [-0.2, 0) is 11.3 Å². The van der Waals surface area contributed by atoms with Gasteiger partial charge in [0, 0.05) is 31.6 Å². The molecule has 0 radical (unpaired) electrons. The van der Waals surface area contributed by atoms with Crippen molar-refractivity contribution in [1.82, 2.24) is 15.0 Å². The molecule has 0 unspecified atom stereocenters. The van der Waals surface area contributed by atoms with Gasteiger partial charge in [0.25, 0.3) is 0 Å². The molecule has 1 aliphatic rings. The Morgan fingerprint density at radius 3 is 2.85 bits per heavy atom. The number of nitrogens with zero attached hydrogens (tertiary/aromatic N) is 3. The lowest BCUT2D eigenvalue weighted by atomic mass is 10.2. The monoisotopic (exact) mass is 293 g/mol. The van der Waals surface area contributed by atoms with Crippen molar-refractivity contribution in [1.29, 1.82) is 0 Å². The zero-order valence-corrected chi connectivity index (χ0v) is 12.0. The van der Waals surface area contributed by atoms with Gasteiger partial charge in [0.2, 0.25) is 11.7 Å². The first kappa shape index (κ1) is 13.5. The summed E-state index contributed by atoms with van der Waals surface area (Å²) < 4.78 is 10.7. The summed E-state index contributed by atoms with van der Waals surface area (Å²) in [4.78, 5) is 6.56. The highest BCUT2D eigenvalue weighted by atomic mass is 35.5. The molecule has 0 saturated carbocycles. The lowest BCUT2D eigenvalue weighted by molar-refractivity contribution is -0.0380. The summed E-state index contributed by atoms with van der Waals surface area (Å²) in [7, 11) is 0. The van der Waals surface area contributed by atoms with Gasteiger partial charge >= 0.3 is 0 Å².